The first-order chi connectivity index (χ1) is 14.1. The van der Waals surface area contributed by atoms with Gasteiger partial charge in [-0.05, 0) is 24.5 Å². The number of likely N-dealkylation sites (tertiary alicyclic amines) is 1. The van der Waals surface area contributed by atoms with Crippen molar-refractivity contribution in [3.8, 4) is 0 Å². The fraction of sp³-hybridized carbons (Fsp3) is 0.300. The zero-order valence-corrected chi connectivity index (χ0v) is 17.2. The van der Waals surface area contributed by atoms with E-state index in [4.69, 9.17) is 11.6 Å². The molecule has 150 valence electrons. The number of nitrogens with zero attached hydrogens (tertiary/aromatic N) is 4. The molecule has 1 aliphatic heterocycles. The van der Waals surface area contributed by atoms with Crippen molar-refractivity contribution in [2.24, 2.45) is 5.92 Å². The predicted octanol–water partition coefficient (Wildman–Crippen LogP) is 3.53. The molecule has 0 saturated carbocycles. The van der Waals surface area contributed by atoms with Crippen LogP contribution >= 0.6 is 22.9 Å². The molecule has 1 aromatic carbocycles. The molecule has 29 heavy (non-hydrogen) atoms. The normalized spacial score (nSPS) is 16.6. The molecule has 9 heteroatoms. The Balaban J connectivity index is 1.39. The Bertz CT molecular complexity index is 1000. The van der Waals surface area contributed by atoms with Gasteiger partial charge in [0.2, 0.25) is 5.91 Å². The van der Waals surface area contributed by atoms with Gasteiger partial charge in [-0.1, -0.05) is 29.8 Å². The summed E-state index contributed by atoms with van der Waals surface area (Å²) in [6, 6.07) is 7.56. The summed E-state index contributed by atoms with van der Waals surface area (Å²) in [5.41, 5.74) is 1.45. The summed E-state index contributed by atoms with van der Waals surface area (Å²) < 4.78 is 1.70. The number of nitrogens with one attached hydrogen (secondary N) is 1. The van der Waals surface area contributed by atoms with Gasteiger partial charge >= 0.3 is 0 Å². The number of anilines is 1. The standard InChI is InChI=1S/C20H20ClN5O2S/c21-17-6-2-1-4-14(17)12-26-13-16(10-23-26)19(28)25-8-3-5-15(11-25)18(27)24-20-22-7-9-29-20/h1-2,4,6-7,9-10,13,15H,3,5,8,11-12H2,(H,22,24,27). The van der Waals surface area contributed by atoms with E-state index in [1.807, 2.05) is 29.6 Å². The molecule has 1 atom stereocenters. The van der Waals surface area contributed by atoms with E-state index in [0.717, 1.165) is 18.4 Å². The number of rotatable bonds is 5. The van der Waals surface area contributed by atoms with Crippen LogP contribution in [-0.4, -0.2) is 44.6 Å². The van der Waals surface area contributed by atoms with E-state index in [9.17, 15) is 9.59 Å². The number of hydrogen-bond acceptors (Lipinski definition) is 5. The maximum Gasteiger partial charge on any atom is 0.257 e. The summed E-state index contributed by atoms with van der Waals surface area (Å²) in [6.07, 6.45) is 6.49. The Hall–Kier alpha value is -2.71. The van der Waals surface area contributed by atoms with Crippen molar-refractivity contribution in [1.29, 1.82) is 0 Å². The SMILES string of the molecule is O=C(Nc1nccs1)C1CCCN(C(=O)c2cnn(Cc3ccccc3Cl)c2)C1. The number of aromatic nitrogens is 3. The largest absolute Gasteiger partial charge is 0.338 e. The molecule has 2 amide bonds. The Morgan fingerprint density at radius 2 is 2.17 bits per heavy atom. The van der Waals surface area contributed by atoms with E-state index in [0.29, 0.717) is 35.4 Å². The van der Waals surface area contributed by atoms with Gasteiger partial charge in [0, 0.05) is 35.9 Å². The van der Waals surface area contributed by atoms with Gasteiger partial charge in [0.25, 0.3) is 5.91 Å². The predicted molar refractivity (Wildman–Crippen MR) is 112 cm³/mol. The fourth-order valence-corrected chi connectivity index (χ4v) is 4.14. The van der Waals surface area contributed by atoms with E-state index in [-0.39, 0.29) is 17.7 Å². The molecule has 3 heterocycles. The zero-order valence-electron chi connectivity index (χ0n) is 15.6. The number of amides is 2. The lowest BCUT2D eigenvalue weighted by atomic mass is 9.97. The Morgan fingerprint density at radius 3 is 2.97 bits per heavy atom. The molecule has 0 bridgehead atoms. The summed E-state index contributed by atoms with van der Waals surface area (Å²) in [5.74, 6) is -0.441. The Morgan fingerprint density at radius 1 is 1.31 bits per heavy atom. The van der Waals surface area contributed by atoms with Gasteiger partial charge in [0.05, 0.1) is 24.2 Å². The van der Waals surface area contributed by atoms with E-state index >= 15 is 0 Å². The van der Waals surface area contributed by atoms with Crippen LogP contribution in [0.25, 0.3) is 0 Å². The third-order valence-electron chi connectivity index (χ3n) is 4.91. The van der Waals surface area contributed by atoms with E-state index in [1.54, 1.807) is 28.2 Å². The minimum absolute atomic E-state index is 0.0909. The lowest BCUT2D eigenvalue weighted by molar-refractivity contribution is -0.121. The summed E-state index contributed by atoms with van der Waals surface area (Å²) in [7, 11) is 0. The molecular weight excluding hydrogens is 410 g/mol. The van der Waals surface area contributed by atoms with Crippen LogP contribution in [-0.2, 0) is 11.3 Å². The fourth-order valence-electron chi connectivity index (χ4n) is 3.41. The highest BCUT2D eigenvalue weighted by Gasteiger charge is 2.29. The molecule has 2 aromatic heterocycles. The maximum absolute atomic E-state index is 12.9. The second-order valence-corrected chi connectivity index (χ2v) is 8.24. The average Bonchev–Trinajstić information content (AvgIpc) is 3.41. The molecule has 1 aliphatic rings. The summed E-state index contributed by atoms with van der Waals surface area (Å²) in [6.45, 7) is 1.52. The van der Waals surface area contributed by atoms with Crippen molar-refractivity contribution in [2.45, 2.75) is 19.4 Å². The highest BCUT2D eigenvalue weighted by atomic mass is 35.5. The second-order valence-electron chi connectivity index (χ2n) is 6.93. The van der Waals surface area contributed by atoms with Crippen LogP contribution in [0.2, 0.25) is 5.02 Å². The van der Waals surface area contributed by atoms with Crippen molar-refractivity contribution >= 4 is 39.9 Å². The number of piperidine rings is 1. The van der Waals surface area contributed by atoms with Crippen molar-refractivity contribution < 1.29 is 9.59 Å². The molecule has 1 unspecified atom stereocenters. The first kappa shape index (κ1) is 19.6. The number of thiazole rings is 1. The van der Waals surface area contributed by atoms with Crippen LogP contribution in [0.1, 0.15) is 28.8 Å². The molecule has 0 spiro atoms. The van der Waals surface area contributed by atoms with Crippen molar-refractivity contribution in [3.63, 3.8) is 0 Å². The van der Waals surface area contributed by atoms with Gasteiger partial charge < -0.3 is 10.2 Å². The number of halogens is 1. The molecule has 1 fully saturated rings. The van der Waals surface area contributed by atoms with Gasteiger partial charge in [-0.15, -0.1) is 11.3 Å². The van der Waals surface area contributed by atoms with Crippen LogP contribution < -0.4 is 5.32 Å². The highest BCUT2D eigenvalue weighted by Crippen LogP contribution is 2.22. The smallest absolute Gasteiger partial charge is 0.257 e. The average molecular weight is 430 g/mol. The van der Waals surface area contributed by atoms with Gasteiger partial charge in [-0.3, -0.25) is 14.3 Å². The second kappa shape index (κ2) is 8.75. The number of carbonyl (C=O) groups excluding carboxylic acids is 2. The van der Waals surface area contributed by atoms with Crippen LogP contribution in [0.4, 0.5) is 5.13 Å². The maximum atomic E-state index is 12.9. The third-order valence-corrected chi connectivity index (χ3v) is 5.97. The molecule has 1 saturated heterocycles. The molecule has 0 aliphatic carbocycles. The molecule has 3 aromatic rings. The van der Waals surface area contributed by atoms with Crippen LogP contribution in [0.5, 0.6) is 0 Å². The highest BCUT2D eigenvalue weighted by molar-refractivity contribution is 7.13. The minimum Gasteiger partial charge on any atom is -0.338 e. The van der Waals surface area contributed by atoms with Crippen molar-refractivity contribution in [3.05, 3.63) is 64.4 Å². The van der Waals surface area contributed by atoms with Gasteiger partial charge in [0.1, 0.15) is 0 Å². The first-order valence-electron chi connectivity index (χ1n) is 9.35. The molecule has 0 radical (unpaired) electrons. The van der Waals surface area contributed by atoms with E-state index in [2.05, 4.69) is 15.4 Å². The quantitative estimate of drug-likeness (QED) is 0.672. The van der Waals surface area contributed by atoms with E-state index in [1.165, 1.54) is 11.3 Å². The lowest BCUT2D eigenvalue weighted by Crippen LogP contribution is -2.43. The van der Waals surface area contributed by atoms with Gasteiger partial charge in [-0.2, -0.15) is 5.10 Å². The Kier molecular flexibility index (Phi) is 5.92. The first-order valence-corrected chi connectivity index (χ1v) is 10.6. The minimum atomic E-state index is -0.241. The van der Waals surface area contributed by atoms with Crippen molar-refractivity contribution in [1.82, 2.24) is 19.7 Å². The van der Waals surface area contributed by atoms with Gasteiger partial charge in [-0.25, -0.2) is 4.98 Å². The zero-order chi connectivity index (χ0) is 20.2. The van der Waals surface area contributed by atoms with Crippen LogP contribution in [0.3, 0.4) is 0 Å². The monoisotopic (exact) mass is 429 g/mol. The summed E-state index contributed by atoms with van der Waals surface area (Å²) in [5, 5.41) is 10.2. The molecule has 1 N–H and O–H groups in total. The van der Waals surface area contributed by atoms with Gasteiger partial charge in [0.15, 0.2) is 5.13 Å². The number of hydrogen-bond donors (Lipinski definition) is 1. The number of benzene rings is 1. The summed E-state index contributed by atoms with van der Waals surface area (Å²) in [4.78, 5) is 31.2. The van der Waals surface area contributed by atoms with Crippen molar-refractivity contribution in [2.75, 3.05) is 18.4 Å². The van der Waals surface area contributed by atoms with Crippen LogP contribution in [0, 0.1) is 5.92 Å². The topological polar surface area (TPSA) is 80.1 Å². The molecule has 7 nitrogen and oxygen atoms in total. The molecular formula is C20H20ClN5O2S. The Labute approximate surface area is 177 Å². The lowest BCUT2D eigenvalue weighted by Gasteiger charge is -2.31. The third kappa shape index (κ3) is 4.65. The van der Waals surface area contributed by atoms with E-state index < -0.39 is 0 Å². The van der Waals surface area contributed by atoms with Crippen LogP contribution in [0.15, 0.2) is 48.2 Å². The summed E-state index contributed by atoms with van der Waals surface area (Å²) >= 11 is 7.58. The number of carbonyl (C=O) groups is 2. The molecule has 4 rings (SSSR count).